The molecule has 5 nitrogen and oxygen atoms in total. The highest BCUT2D eigenvalue weighted by Gasteiger charge is 2.23. The van der Waals surface area contributed by atoms with Crippen molar-refractivity contribution < 1.29 is 9.53 Å². The first-order chi connectivity index (χ1) is 15.2. The Labute approximate surface area is 185 Å². The number of aromatic nitrogens is 2. The number of hydrogen-bond acceptors (Lipinski definition) is 5. The van der Waals surface area contributed by atoms with Gasteiger partial charge in [-0.1, -0.05) is 23.5 Å². The van der Waals surface area contributed by atoms with Crippen LogP contribution in [0.3, 0.4) is 0 Å². The molecule has 31 heavy (non-hydrogen) atoms. The van der Waals surface area contributed by atoms with Gasteiger partial charge in [0.05, 0.1) is 23.9 Å². The molecule has 0 saturated carbocycles. The van der Waals surface area contributed by atoms with Crippen molar-refractivity contribution in [2.24, 2.45) is 0 Å². The molecule has 1 amide bonds. The second kappa shape index (κ2) is 8.47. The Morgan fingerprint density at radius 1 is 1.10 bits per heavy atom. The number of ether oxygens (including phenoxy) is 1. The van der Waals surface area contributed by atoms with E-state index in [1.54, 1.807) is 24.4 Å². The largest absolute Gasteiger partial charge is 0.497 e. The average molecular weight is 430 g/mol. The monoisotopic (exact) mass is 429 g/mol. The van der Waals surface area contributed by atoms with E-state index in [1.165, 1.54) is 35.3 Å². The Morgan fingerprint density at radius 3 is 2.77 bits per heavy atom. The zero-order chi connectivity index (χ0) is 21.2. The SMILES string of the molecule is COc1ccc2nc(N(Cc3cccnc3)C(=O)c3ccc4c(c3)CCCC4)sc2c1. The lowest BCUT2D eigenvalue weighted by molar-refractivity contribution is 0.0985. The summed E-state index contributed by atoms with van der Waals surface area (Å²) in [6.07, 6.45) is 8.09. The van der Waals surface area contributed by atoms with E-state index in [1.807, 2.05) is 36.4 Å². The van der Waals surface area contributed by atoms with Crippen molar-refractivity contribution in [2.75, 3.05) is 12.0 Å². The van der Waals surface area contributed by atoms with E-state index in [2.05, 4.69) is 17.1 Å². The smallest absolute Gasteiger partial charge is 0.260 e. The summed E-state index contributed by atoms with van der Waals surface area (Å²) in [5.41, 5.74) is 5.20. The van der Waals surface area contributed by atoms with Crippen LogP contribution < -0.4 is 9.64 Å². The van der Waals surface area contributed by atoms with Crippen molar-refractivity contribution in [3.63, 3.8) is 0 Å². The number of carbonyl (C=O) groups excluding carboxylic acids is 1. The van der Waals surface area contributed by atoms with Gasteiger partial charge < -0.3 is 4.74 Å². The zero-order valence-electron chi connectivity index (χ0n) is 17.4. The molecule has 0 radical (unpaired) electrons. The molecule has 0 atom stereocenters. The number of anilines is 1. The average Bonchev–Trinajstić information content (AvgIpc) is 3.25. The van der Waals surface area contributed by atoms with E-state index < -0.39 is 0 Å². The Morgan fingerprint density at radius 2 is 1.97 bits per heavy atom. The molecule has 156 valence electrons. The number of pyridine rings is 1. The van der Waals surface area contributed by atoms with Crippen LogP contribution in [0.1, 0.15) is 39.9 Å². The van der Waals surface area contributed by atoms with Crippen LogP contribution in [0, 0.1) is 0 Å². The van der Waals surface area contributed by atoms with Gasteiger partial charge in [0, 0.05) is 18.0 Å². The number of amides is 1. The number of nitrogens with zero attached hydrogens (tertiary/aromatic N) is 3. The van der Waals surface area contributed by atoms with Crippen molar-refractivity contribution in [2.45, 2.75) is 32.2 Å². The number of methoxy groups -OCH3 is 1. The molecular formula is C25H23N3O2S. The fraction of sp³-hybridized carbons (Fsp3) is 0.240. The molecule has 0 fully saturated rings. The Balaban J connectivity index is 1.54. The standard InChI is InChI=1S/C25H23N3O2S/c1-30-21-10-11-22-23(14-21)31-25(27-22)28(16-17-5-4-12-26-15-17)24(29)20-9-8-18-6-2-3-7-19(18)13-20/h4-5,8-15H,2-3,6-7,16H2,1H3. The Hall–Kier alpha value is -3.25. The van der Waals surface area contributed by atoms with Gasteiger partial charge >= 0.3 is 0 Å². The molecule has 0 aliphatic heterocycles. The van der Waals surface area contributed by atoms with Gasteiger partial charge in [0.15, 0.2) is 5.13 Å². The maximum absolute atomic E-state index is 13.7. The zero-order valence-corrected chi connectivity index (χ0v) is 18.2. The quantitative estimate of drug-likeness (QED) is 0.425. The van der Waals surface area contributed by atoms with E-state index in [4.69, 9.17) is 9.72 Å². The Kier molecular flexibility index (Phi) is 5.38. The number of aryl methyl sites for hydroxylation is 2. The second-order valence-corrected chi connectivity index (χ2v) is 8.78. The topological polar surface area (TPSA) is 55.3 Å². The van der Waals surface area contributed by atoms with Crippen molar-refractivity contribution in [1.82, 2.24) is 9.97 Å². The van der Waals surface area contributed by atoms with E-state index >= 15 is 0 Å². The van der Waals surface area contributed by atoms with Crippen LogP contribution in [-0.4, -0.2) is 23.0 Å². The van der Waals surface area contributed by atoms with E-state index in [-0.39, 0.29) is 5.91 Å². The minimum Gasteiger partial charge on any atom is -0.497 e. The number of carbonyl (C=O) groups is 1. The van der Waals surface area contributed by atoms with Gasteiger partial charge in [-0.2, -0.15) is 0 Å². The lowest BCUT2D eigenvalue weighted by Gasteiger charge is -2.22. The van der Waals surface area contributed by atoms with Crippen LogP contribution in [0.25, 0.3) is 10.2 Å². The van der Waals surface area contributed by atoms with Gasteiger partial charge in [-0.05, 0) is 78.8 Å². The molecule has 0 spiro atoms. The summed E-state index contributed by atoms with van der Waals surface area (Å²) in [6.45, 7) is 0.417. The van der Waals surface area contributed by atoms with Crippen LogP contribution in [0.2, 0.25) is 0 Å². The molecule has 6 heteroatoms. The summed E-state index contributed by atoms with van der Waals surface area (Å²) in [5, 5.41) is 0.676. The number of rotatable bonds is 5. The fourth-order valence-electron chi connectivity index (χ4n) is 4.06. The first-order valence-electron chi connectivity index (χ1n) is 10.5. The second-order valence-electron chi connectivity index (χ2n) is 7.77. The molecule has 0 unspecified atom stereocenters. The first kappa shape index (κ1) is 19.7. The Bertz CT molecular complexity index is 1240. The van der Waals surface area contributed by atoms with Crippen LogP contribution in [0.4, 0.5) is 5.13 Å². The number of benzene rings is 2. The summed E-state index contributed by atoms with van der Waals surface area (Å²) < 4.78 is 6.34. The third kappa shape index (κ3) is 4.03. The van der Waals surface area contributed by atoms with Gasteiger partial charge in [-0.3, -0.25) is 14.7 Å². The first-order valence-corrected chi connectivity index (χ1v) is 11.3. The highest BCUT2D eigenvalue weighted by atomic mass is 32.1. The molecular weight excluding hydrogens is 406 g/mol. The van der Waals surface area contributed by atoms with Crippen LogP contribution in [-0.2, 0) is 19.4 Å². The van der Waals surface area contributed by atoms with Gasteiger partial charge in [-0.15, -0.1) is 0 Å². The number of fused-ring (bicyclic) bond motifs is 2. The van der Waals surface area contributed by atoms with Gasteiger partial charge in [-0.25, -0.2) is 4.98 Å². The molecule has 2 aromatic heterocycles. The molecule has 2 aromatic carbocycles. The normalized spacial score (nSPS) is 13.1. The molecule has 0 N–H and O–H groups in total. The van der Waals surface area contributed by atoms with Crippen LogP contribution in [0.15, 0.2) is 60.9 Å². The lowest BCUT2D eigenvalue weighted by atomic mass is 9.90. The van der Waals surface area contributed by atoms with E-state index in [0.29, 0.717) is 17.2 Å². The maximum atomic E-state index is 13.7. The molecule has 5 rings (SSSR count). The maximum Gasteiger partial charge on any atom is 0.260 e. The number of thiazole rings is 1. The van der Waals surface area contributed by atoms with Crippen molar-refractivity contribution in [1.29, 1.82) is 0 Å². The molecule has 4 aromatic rings. The minimum absolute atomic E-state index is 0.0387. The highest BCUT2D eigenvalue weighted by molar-refractivity contribution is 7.22. The molecule has 0 saturated heterocycles. The lowest BCUT2D eigenvalue weighted by Crippen LogP contribution is -2.30. The van der Waals surface area contributed by atoms with E-state index in [0.717, 1.165) is 34.4 Å². The predicted octanol–water partition coefficient (Wildman–Crippen LogP) is 5.43. The summed E-state index contributed by atoms with van der Waals surface area (Å²) in [7, 11) is 1.65. The summed E-state index contributed by atoms with van der Waals surface area (Å²) in [5.74, 6) is 0.741. The number of hydrogen-bond donors (Lipinski definition) is 0. The fourth-order valence-corrected chi connectivity index (χ4v) is 5.05. The van der Waals surface area contributed by atoms with E-state index in [9.17, 15) is 4.79 Å². The summed E-state index contributed by atoms with van der Waals surface area (Å²) >= 11 is 1.50. The third-order valence-corrected chi connectivity index (χ3v) is 6.76. The minimum atomic E-state index is -0.0387. The summed E-state index contributed by atoms with van der Waals surface area (Å²) in [6, 6.07) is 15.8. The third-order valence-electron chi connectivity index (χ3n) is 5.72. The van der Waals surface area contributed by atoms with Gasteiger partial charge in [0.2, 0.25) is 0 Å². The molecule has 0 bridgehead atoms. The van der Waals surface area contributed by atoms with Crippen molar-refractivity contribution >= 4 is 32.6 Å². The molecule has 1 aliphatic rings. The predicted molar refractivity (Wildman–Crippen MR) is 124 cm³/mol. The van der Waals surface area contributed by atoms with Crippen LogP contribution in [0.5, 0.6) is 5.75 Å². The van der Waals surface area contributed by atoms with Gasteiger partial charge in [0.25, 0.3) is 5.91 Å². The highest BCUT2D eigenvalue weighted by Crippen LogP contribution is 2.33. The van der Waals surface area contributed by atoms with Crippen molar-refractivity contribution in [3.8, 4) is 5.75 Å². The molecule has 2 heterocycles. The summed E-state index contributed by atoms with van der Waals surface area (Å²) in [4.78, 5) is 24.4. The van der Waals surface area contributed by atoms with Gasteiger partial charge in [0.1, 0.15) is 5.75 Å². The van der Waals surface area contributed by atoms with Crippen molar-refractivity contribution in [3.05, 3.63) is 83.2 Å². The van der Waals surface area contributed by atoms with Crippen LogP contribution >= 0.6 is 11.3 Å². The molecule has 1 aliphatic carbocycles.